The molecule has 0 amide bonds. The molecule has 22 heavy (non-hydrogen) atoms. The minimum absolute atomic E-state index is 0.382. The fourth-order valence-electron chi connectivity index (χ4n) is 2.35. The summed E-state index contributed by atoms with van der Waals surface area (Å²) in [5, 5.41) is 0. The molecule has 6 heteroatoms. The van der Waals surface area contributed by atoms with Gasteiger partial charge in [-0.1, -0.05) is 0 Å². The molecule has 3 rings (SSSR count). The summed E-state index contributed by atoms with van der Waals surface area (Å²) in [7, 11) is -0.479. The van der Waals surface area contributed by atoms with E-state index >= 15 is 0 Å². The van der Waals surface area contributed by atoms with E-state index in [4.69, 9.17) is 9.31 Å². The lowest BCUT2D eigenvalue weighted by atomic mass is 9.83. The number of pyridine rings is 1. The molecule has 2 aromatic rings. The second-order valence-corrected chi connectivity index (χ2v) is 6.55. The molecule has 0 unspecified atom stereocenters. The van der Waals surface area contributed by atoms with Gasteiger partial charge in [-0.25, -0.2) is 9.97 Å². The summed E-state index contributed by atoms with van der Waals surface area (Å²) >= 11 is 0. The van der Waals surface area contributed by atoms with Crippen molar-refractivity contribution in [3.8, 4) is 11.3 Å². The number of aryl methyl sites for hydroxylation is 1. The Bertz CT molecular complexity index is 673. The molecule has 3 heterocycles. The fourth-order valence-corrected chi connectivity index (χ4v) is 2.35. The molecule has 0 N–H and O–H groups in total. The van der Waals surface area contributed by atoms with Gasteiger partial charge in [0.15, 0.2) is 0 Å². The van der Waals surface area contributed by atoms with Crippen LogP contribution in [0.25, 0.3) is 11.3 Å². The van der Waals surface area contributed by atoms with Crippen molar-refractivity contribution in [1.82, 2.24) is 15.0 Å². The second kappa shape index (κ2) is 5.14. The average molecular weight is 297 g/mol. The summed E-state index contributed by atoms with van der Waals surface area (Å²) in [6, 6.07) is 5.77. The van der Waals surface area contributed by atoms with Gasteiger partial charge in [0, 0.05) is 18.0 Å². The third-order valence-electron chi connectivity index (χ3n) is 4.33. The number of aromatic nitrogens is 3. The largest absolute Gasteiger partial charge is 0.514 e. The Morgan fingerprint density at radius 2 is 1.55 bits per heavy atom. The molecule has 0 aliphatic carbocycles. The van der Waals surface area contributed by atoms with Crippen molar-refractivity contribution in [2.24, 2.45) is 0 Å². The van der Waals surface area contributed by atoms with E-state index in [0.717, 1.165) is 16.9 Å². The maximum atomic E-state index is 6.07. The summed E-state index contributed by atoms with van der Waals surface area (Å²) < 4.78 is 12.1. The minimum Gasteiger partial charge on any atom is -0.398 e. The number of nitrogens with zero attached hydrogens (tertiary/aromatic N) is 3. The lowest BCUT2D eigenvalue weighted by Crippen LogP contribution is -2.41. The van der Waals surface area contributed by atoms with Crippen LogP contribution in [0, 0.1) is 6.92 Å². The predicted octanol–water partition coefficient (Wildman–Crippen LogP) is 2.15. The first-order valence-electron chi connectivity index (χ1n) is 7.40. The van der Waals surface area contributed by atoms with Gasteiger partial charge >= 0.3 is 7.12 Å². The summed E-state index contributed by atoms with van der Waals surface area (Å²) in [5.74, 6) is 0.694. The van der Waals surface area contributed by atoms with Crippen LogP contribution in [0.2, 0.25) is 0 Å². The van der Waals surface area contributed by atoms with Crippen LogP contribution in [0.4, 0.5) is 0 Å². The number of hydrogen-bond donors (Lipinski definition) is 0. The van der Waals surface area contributed by atoms with Crippen molar-refractivity contribution in [1.29, 1.82) is 0 Å². The van der Waals surface area contributed by atoms with Crippen LogP contribution in [-0.4, -0.2) is 33.3 Å². The lowest BCUT2D eigenvalue weighted by Gasteiger charge is -2.32. The highest BCUT2D eigenvalue weighted by atomic mass is 16.7. The summed E-state index contributed by atoms with van der Waals surface area (Å²) in [5.41, 5.74) is 1.83. The molecular formula is C16H20BN3O2. The first-order valence-corrected chi connectivity index (χ1v) is 7.40. The van der Waals surface area contributed by atoms with Crippen molar-refractivity contribution >= 4 is 12.7 Å². The van der Waals surface area contributed by atoms with Crippen LogP contribution >= 0.6 is 0 Å². The smallest absolute Gasteiger partial charge is 0.398 e. The van der Waals surface area contributed by atoms with Gasteiger partial charge in [-0.05, 0) is 52.8 Å². The molecule has 0 aromatic carbocycles. The molecule has 0 bridgehead atoms. The molecule has 2 aromatic heterocycles. The Morgan fingerprint density at radius 3 is 2.14 bits per heavy atom. The average Bonchev–Trinajstić information content (AvgIpc) is 2.68. The Labute approximate surface area is 131 Å². The quantitative estimate of drug-likeness (QED) is 0.795. The molecule has 1 aliphatic rings. The van der Waals surface area contributed by atoms with Crippen molar-refractivity contribution < 1.29 is 9.31 Å². The van der Waals surface area contributed by atoms with Gasteiger partial charge in [0.1, 0.15) is 5.82 Å². The topological polar surface area (TPSA) is 57.1 Å². The number of hydrogen-bond acceptors (Lipinski definition) is 5. The highest BCUT2D eigenvalue weighted by Crippen LogP contribution is 2.36. The molecule has 1 fully saturated rings. The normalized spacial score (nSPS) is 19.4. The van der Waals surface area contributed by atoms with Crippen LogP contribution in [0.15, 0.2) is 30.6 Å². The zero-order valence-corrected chi connectivity index (χ0v) is 13.6. The molecule has 5 nitrogen and oxygen atoms in total. The van der Waals surface area contributed by atoms with Crippen LogP contribution in [0.3, 0.4) is 0 Å². The Hall–Kier alpha value is -1.79. The molecule has 0 spiro atoms. The zero-order valence-electron chi connectivity index (χ0n) is 13.6. The molecule has 0 saturated carbocycles. The highest BCUT2D eigenvalue weighted by Gasteiger charge is 2.52. The van der Waals surface area contributed by atoms with Crippen molar-refractivity contribution in [2.45, 2.75) is 45.8 Å². The van der Waals surface area contributed by atoms with Gasteiger partial charge < -0.3 is 9.31 Å². The highest BCUT2D eigenvalue weighted by molar-refractivity contribution is 6.61. The first-order chi connectivity index (χ1) is 10.3. The van der Waals surface area contributed by atoms with Gasteiger partial charge in [0.25, 0.3) is 0 Å². The van der Waals surface area contributed by atoms with E-state index in [1.165, 1.54) is 0 Å². The van der Waals surface area contributed by atoms with E-state index in [-0.39, 0.29) is 11.2 Å². The summed E-state index contributed by atoms with van der Waals surface area (Å²) in [6.45, 7) is 10.0. The second-order valence-electron chi connectivity index (χ2n) is 6.55. The maximum Gasteiger partial charge on any atom is 0.514 e. The Kier molecular flexibility index (Phi) is 3.53. The van der Waals surface area contributed by atoms with Gasteiger partial charge in [-0.2, -0.15) is 0 Å². The lowest BCUT2D eigenvalue weighted by molar-refractivity contribution is 0.00578. The van der Waals surface area contributed by atoms with E-state index < -0.39 is 7.12 Å². The first kappa shape index (κ1) is 15.1. The van der Waals surface area contributed by atoms with Crippen LogP contribution in [0.1, 0.15) is 33.5 Å². The van der Waals surface area contributed by atoms with E-state index in [9.17, 15) is 0 Å². The van der Waals surface area contributed by atoms with Crippen molar-refractivity contribution in [2.75, 3.05) is 0 Å². The van der Waals surface area contributed by atoms with Crippen molar-refractivity contribution in [3.05, 3.63) is 36.4 Å². The van der Waals surface area contributed by atoms with Gasteiger partial charge in [0.05, 0.1) is 22.5 Å². The van der Waals surface area contributed by atoms with Gasteiger partial charge in [0.2, 0.25) is 0 Å². The van der Waals surface area contributed by atoms with Crippen molar-refractivity contribution in [3.63, 3.8) is 0 Å². The third-order valence-corrected chi connectivity index (χ3v) is 4.33. The van der Waals surface area contributed by atoms with Crippen LogP contribution in [0.5, 0.6) is 0 Å². The summed E-state index contributed by atoms with van der Waals surface area (Å²) in [4.78, 5) is 13.0. The van der Waals surface area contributed by atoms with Gasteiger partial charge in [-0.3, -0.25) is 4.98 Å². The molecule has 1 aliphatic heterocycles. The van der Waals surface area contributed by atoms with E-state index in [0.29, 0.717) is 5.82 Å². The standard InChI is InChI=1S/C16H20BN3O2/c1-11-19-13(12-6-8-18-9-7-12)10-14(20-11)17-21-15(2,3)16(4,5)22-17/h6-10H,1-5H3. The van der Waals surface area contributed by atoms with Crippen LogP contribution < -0.4 is 5.59 Å². The van der Waals surface area contributed by atoms with Gasteiger partial charge in [-0.15, -0.1) is 0 Å². The minimum atomic E-state index is -0.479. The summed E-state index contributed by atoms with van der Waals surface area (Å²) in [6.07, 6.45) is 3.50. The van der Waals surface area contributed by atoms with E-state index in [1.54, 1.807) is 12.4 Å². The molecular weight excluding hydrogens is 277 g/mol. The van der Waals surface area contributed by atoms with Crippen LogP contribution in [-0.2, 0) is 9.31 Å². The number of rotatable bonds is 2. The van der Waals surface area contributed by atoms with E-state index in [2.05, 4.69) is 15.0 Å². The molecule has 0 atom stereocenters. The van der Waals surface area contributed by atoms with E-state index in [1.807, 2.05) is 52.8 Å². The molecule has 114 valence electrons. The SMILES string of the molecule is Cc1nc(B2OC(C)(C)C(C)(C)O2)cc(-c2ccncc2)n1. The monoisotopic (exact) mass is 297 g/mol. The Balaban J connectivity index is 1.98. The molecule has 1 saturated heterocycles. The third kappa shape index (κ3) is 2.64. The zero-order chi connectivity index (χ0) is 16.0. The molecule has 0 radical (unpaired) electrons. The Morgan fingerprint density at radius 1 is 0.955 bits per heavy atom. The maximum absolute atomic E-state index is 6.07. The fraction of sp³-hybridized carbons (Fsp3) is 0.438. The predicted molar refractivity (Wildman–Crippen MR) is 85.7 cm³/mol.